The zero-order valence-corrected chi connectivity index (χ0v) is 11.8. The van der Waals surface area contributed by atoms with Crippen LogP contribution in [0.2, 0.25) is 5.02 Å². The van der Waals surface area contributed by atoms with Gasteiger partial charge in [0.05, 0.1) is 0 Å². The molecule has 0 radical (unpaired) electrons. The molecule has 0 heterocycles. The van der Waals surface area contributed by atoms with Crippen molar-refractivity contribution in [3.05, 3.63) is 34.9 Å². The molecule has 1 rings (SSSR count). The van der Waals surface area contributed by atoms with E-state index in [0.29, 0.717) is 0 Å². The summed E-state index contributed by atoms with van der Waals surface area (Å²) in [6.07, 6.45) is 5.14. The summed E-state index contributed by atoms with van der Waals surface area (Å²) in [7, 11) is 0. The van der Waals surface area contributed by atoms with E-state index in [1.807, 2.05) is 12.1 Å². The topological polar surface area (TPSA) is 3.24 Å². The molecule has 0 amide bonds. The first-order valence-electron chi connectivity index (χ1n) is 6.73. The molecule has 1 aromatic carbocycles. The van der Waals surface area contributed by atoms with Gasteiger partial charge in [-0.15, -0.1) is 0 Å². The minimum atomic E-state index is 0.840. The van der Waals surface area contributed by atoms with Crippen LogP contribution in [0.25, 0.3) is 0 Å². The van der Waals surface area contributed by atoms with Gasteiger partial charge >= 0.3 is 0 Å². The van der Waals surface area contributed by atoms with Gasteiger partial charge < -0.3 is 0 Å². The van der Waals surface area contributed by atoms with Crippen molar-refractivity contribution in [3.8, 4) is 0 Å². The van der Waals surface area contributed by atoms with Gasteiger partial charge in [-0.05, 0) is 43.6 Å². The van der Waals surface area contributed by atoms with Crippen molar-refractivity contribution in [3.63, 3.8) is 0 Å². The first-order valence-corrected chi connectivity index (χ1v) is 7.10. The van der Waals surface area contributed by atoms with Gasteiger partial charge in [-0.25, -0.2) is 0 Å². The van der Waals surface area contributed by atoms with Crippen LogP contribution in [-0.2, 0) is 6.54 Å². The molecule has 17 heavy (non-hydrogen) atoms. The Morgan fingerprint density at radius 1 is 1.06 bits per heavy atom. The molecule has 0 saturated heterocycles. The monoisotopic (exact) mass is 253 g/mol. The third-order valence-corrected chi connectivity index (χ3v) is 3.15. The van der Waals surface area contributed by atoms with Crippen LogP contribution >= 0.6 is 11.6 Å². The first kappa shape index (κ1) is 14.5. The molecule has 0 unspecified atom stereocenters. The third kappa shape index (κ3) is 6.09. The number of hydrogen-bond acceptors (Lipinski definition) is 1. The molecule has 0 aliphatic carbocycles. The lowest BCUT2D eigenvalue weighted by Crippen LogP contribution is -2.25. The molecule has 0 aliphatic rings. The molecule has 0 atom stereocenters. The zero-order chi connectivity index (χ0) is 12.5. The van der Waals surface area contributed by atoms with E-state index in [0.717, 1.165) is 11.6 Å². The molecule has 0 fully saturated rings. The molecular formula is C15H24ClN. The van der Waals surface area contributed by atoms with Gasteiger partial charge in [0.1, 0.15) is 0 Å². The highest BCUT2D eigenvalue weighted by molar-refractivity contribution is 6.30. The number of rotatable bonds is 8. The molecule has 0 saturated carbocycles. The summed E-state index contributed by atoms with van der Waals surface area (Å²) in [5.74, 6) is 0. The SMILES string of the molecule is CCCCCN(CCC)Cc1cccc(Cl)c1. The van der Waals surface area contributed by atoms with Crippen molar-refractivity contribution in [2.45, 2.75) is 46.1 Å². The lowest BCUT2D eigenvalue weighted by Gasteiger charge is -2.21. The second kappa shape index (κ2) is 8.54. The normalized spacial score (nSPS) is 11.1. The Balaban J connectivity index is 2.47. The summed E-state index contributed by atoms with van der Waals surface area (Å²) in [5.41, 5.74) is 1.32. The lowest BCUT2D eigenvalue weighted by atomic mass is 10.2. The fourth-order valence-electron chi connectivity index (χ4n) is 2.07. The van der Waals surface area contributed by atoms with Gasteiger partial charge in [-0.2, -0.15) is 0 Å². The van der Waals surface area contributed by atoms with Crippen molar-refractivity contribution in [1.82, 2.24) is 4.90 Å². The maximum atomic E-state index is 6.01. The number of halogens is 1. The number of hydrogen-bond donors (Lipinski definition) is 0. The summed E-state index contributed by atoms with van der Waals surface area (Å²) in [4.78, 5) is 2.53. The summed E-state index contributed by atoms with van der Waals surface area (Å²) >= 11 is 6.01. The second-order valence-corrected chi connectivity index (χ2v) is 5.05. The highest BCUT2D eigenvalue weighted by atomic mass is 35.5. The fourth-order valence-corrected chi connectivity index (χ4v) is 2.28. The van der Waals surface area contributed by atoms with Gasteiger partial charge in [0, 0.05) is 11.6 Å². The van der Waals surface area contributed by atoms with Crippen LogP contribution in [0, 0.1) is 0 Å². The fraction of sp³-hybridized carbons (Fsp3) is 0.600. The van der Waals surface area contributed by atoms with E-state index in [1.54, 1.807) is 0 Å². The zero-order valence-electron chi connectivity index (χ0n) is 11.1. The van der Waals surface area contributed by atoms with Crippen LogP contribution in [0.3, 0.4) is 0 Å². The minimum absolute atomic E-state index is 0.840. The Bertz CT molecular complexity index is 312. The van der Waals surface area contributed by atoms with E-state index >= 15 is 0 Å². The molecule has 0 spiro atoms. The Kier molecular flexibility index (Phi) is 7.30. The van der Waals surface area contributed by atoms with Crippen LogP contribution in [-0.4, -0.2) is 18.0 Å². The molecule has 0 aromatic heterocycles. The highest BCUT2D eigenvalue weighted by Crippen LogP contribution is 2.13. The van der Waals surface area contributed by atoms with Crippen LogP contribution in [0.4, 0.5) is 0 Å². The Labute approximate surface area is 111 Å². The maximum absolute atomic E-state index is 6.01. The van der Waals surface area contributed by atoms with Crippen molar-refractivity contribution >= 4 is 11.6 Å². The van der Waals surface area contributed by atoms with E-state index in [9.17, 15) is 0 Å². The van der Waals surface area contributed by atoms with Crippen molar-refractivity contribution in [1.29, 1.82) is 0 Å². The van der Waals surface area contributed by atoms with E-state index in [2.05, 4.69) is 30.9 Å². The quantitative estimate of drug-likeness (QED) is 0.605. The number of benzene rings is 1. The molecule has 1 nitrogen and oxygen atoms in total. The minimum Gasteiger partial charge on any atom is -0.299 e. The van der Waals surface area contributed by atoms with E-state index < -0.39 is 0 Å². The molecule has 96 valence electrons. The second-order valence-electron chi connectivity index (χ2n) is 4.61. The third-order valence-electron chi connectivity index (χ3n) is 2.91. The molecule has 0 bridgehead atoms. The van der Waals surface area contributed by atoms with Crippen molar-refractivity contribution in [2.75, 3.05) is 13.1 Å². The van der Waals surface area contributed by atoms with E-state index in [4.69, 9.17) is 11.6 Å². The van der Waals surface area contributed by atoms with E-state index in [-0.39, 0.29) is 0 Å². The summed E-state index contributed by atoms with van der Waals surface area (Å²) in [6, 6.07) is 8.21. The average molecular weight is 254 g/mol. The first-order chi connectivity index (χ1) is 8.26. The molecule has 1 aromatic rings. The van der Waals surface area contributed by atoms with Crippen molar-refractivity contribution < 1.29 is 0 Å². The smallest absolute Gasteiger partial charge is 0.0409 e. The van der Waals surface area contributed by atoms with Crippen molar-refractivity contribution in [2.24, 2.45) is 0 Å². The van der Waals surface area contributed by atoms with Gasteiger partial charge in [0.25, 0.3) is 0 Å². The summed E-state index contributed by atoms with van der Waals surface area (Å²) < 4.78 is 0. The lowest BCUT2D eigenvalue weighted by molar-refractivity contribution is 0.260. The van der Waals surface area contributed by atoms with Gasteiger partial charge in [-0.1, -0.05) is 50.4 Å². The molecule has 0 aliphatic heterocycles. The standard InChI is InChI=1S/C15H24ClN/c1-3-5-6-11-17(10-4-2)13-14-8-7-9-15(16)12-14/h7-9,12H,3-6,10-11,13H2,1-2H3. The Hall–Kier alpha value is -0.530. The van der Waals surface area contributed by atoms with Crippen LogP contribution in [0.1, 0.15) is 45.1 Å². The van der Waals surface area contributed by atoms with Gasteiger partial charge in [-0.3, -0.25) is 4.90 Å². The predicted octanol–water partition coefficient (Wildman–Crippen LogP) is 4.74. The number of nitrogens with zero attached hydrogens (tertiary/aromatic N) is 1. The Morgan fingerprint density at radius 2 is 1.88 bits per heavy atom. The molecule has 0 N–H and O–H groups in total. The maximum Gasteiger partial charge on any atom is 0.0409 e. The van der Waals surface area contributed by atoms with Crippen LogP contribution < -0.4 is 0 Å². The highest BCUT2D eigenvalue weighted by Gasteiger charge is 2.04. The largest absolute Gasteiger partial charge is 0.299 e. The average Bonchev–Trinajstić information content (AvgIpc) is 2.29. The summed E-state index contributed by atoms with van der Waals surface area (Å²) in [5, 5.41) is 0.840. The summed E-state index contributed by atoms with van der Waals surface area (Å²) in [6.45, 7) is 7.90. The van der Waals surface area contributed by atoms with Gasteiger partial charge in [0.2, 0.25) is 0 Å². The van der Waals surface area contributed by atoms with Crippen LogP contribution in [0.5, 0.6) is 0 Å². The molecule has 2 heteroatoms. The number of unbranched alkanes of at least 4 members (excludes halogenated alkanes) is 2. The molecular weight excluding hydrogens is 230 g/mol. The van der Waals surface area contributed by atoms with Crippen LogP contribution in [0.15, 0.2) is 24.3 Å². The van der Waals surface area contributed by atoms with E-state index in [1.165, 1.54) is 44.3 Å². The Morgan fingerprint density at radius 3 is 2.53 bits per heavy atom. The predicted molar refractivity (Wildman–Crippen MR) is 76.5 cm³/mol. The van der Waals surface area contributed by atoms with Gasteiger partial charge in [0.15, 0.2) is 0 Å².